The van der Waals surface area contributed by atoms with Gasteiger partial charge in [0.2, 0.25) is 0 Å². The number of benzene rings is 1. The topological polar surface area (TPSA) is 38.0 Å². The predicted octanol–water partition coefficient (Wildman–Crippen LogP) is 4.53. The Morgan fingerprint density at radius 2 is 2.00 bits per heavy atom. The minimum absolute atomic E-state index is 0.0880. The van der Waals surface area contributed by atoms with Gasteiger partial charge in [0.15, 0.2) is 0 Å². The number of halogens is 2. The second-order valence-corrected chi connectivity index (χ2v) is 7.00. The zero-order chi connectivity index (χ0) is 15.3. The number of thiocarbonyl (C=S) groups is 1. The van der Waals surface area contributed by atoms with E-state index < -0.39 is 0 Å². The molecule has 1 rings (SSSR count). The highest BCUT2D eigenvalue weighted by Crippen LogP contribution is 2.28. The lowest BCUT2D eigenvalue weighted by Gasteiger charge is -2.28. The van der Waals surface area contributed by atoms with Crippen LogP contribution in [0.3, 0.4) is 0 Å². The van der Waals surface area contributed by atoms with Crippen molar-refractivity contribution < 1.29 is 0 Å². The van der Waals surface area contributed by atoms with Gasteiger partial charge in [-0.2, -0.15) is 0 Å². The van der Waals surface area contributed by atoms with Crippen molar-refractivity contribution in [2.75, 3.05) is 6.54 Å². The summed E-state index contributed by atoms with van der Waals surface area (Å²) in [5.41, 5.74) is 6.91. The average molecular weight is 333 g/mol. The first-order chi connectivity index (χ1) is 9.25. The molecule has 0 bridgehead atoms. The highest BCUT2D eigenvalue weighted by molar-refractivity contribution is 7.80. The summed E-state index contributed by atoms with van der Waals surface area (Å²) in [4.78, 5) is 0.511. The molecule has 1 atom stereocenters. The van der Waals surface area contributed by atoms with Gasteiger partial charge in [-0.05, 0) is 38.0 Å². The summed E-state index contributed by atoms with van der Waals surface area (Å²) < 4.78 is 0. The molecule has 0 aliphatic heterocycles. The second kappa shape index (κ2) is 7.60. The van der Waals surface area contributed by atoms with Crippen LogP contribution in [0.2, 0.25) is 10.0 Å². The summed E-state index contributed by atoms with van der Waals surface area (Å²) in [7, 11) is 0. The fourth-order valence-electron chi connectivity index (χ4n) is 1.84. The normalized spacial score (nSPS) is 13.2. The SMILES string of the molecule is CCC(C)(C)NCC(CC(N)=S)c1ccc(Cl)c(Cl)c1. The first-order valence-electron chi connectivity index (χ1n) is 6.73. The van der Waals surface area contributed by atoms with Gasteiger partial charge in [-0.25, -0.2) is 0 Å². The predicted molar refractivity (Wildman–Crippen MR) is 93.0 cm³/mol. The maximum Gasteiger partial charge on any atom is 0.0733 e. The minimum Gasteiger partial charge on any atom is -0.393 e. The fourth-order valence-corrected chi connectivity index (χ4v) is 2.35. The van der Waals surface area contributed by atoms with E-state index in [1.54, 1.807) is 0 Å². The average Bonchev–Trinajstić information content (AvgIpc) is 2.37. The molecular formula is C15H22Cl2N2S. The molecule has 0 aliphatic carbocycles. The van der Waals surface area contributed by atoms with E-state index in [0.29, 0.717) is 21.5 Å². The van der Waals surface area contributed by atoms with Gasteiger partial charge in [0.05, 0.1) is 15.0 Å². The third-order valence-corrected chi connectivity index (χ3v) is 4.48. The Hall–Kier alpha value is -0.350. The van der Waals surface area contributed by atoms with Crippen LogP contribution in [0.1, 0.15) is 45.1 Å². The monoisotopic (exact) mass is 332 g/mol. The third kappa shape index (κ3) is 5.57. The molecule has 0 heterocycles. The van der Waals surface area contributed by atoms with Crippen molar-refractivity contribution in [3.8, 4) is 0 Å². The molecule has 0 amide bonds. The van der Waals surface area contributed by atoms with Crippen LogP contribution in [0.4, 0.5) is 0 Å². The Morgan fingerprint density at radius 1 is 1.35 bits per heavy atom. The van der Waals surface area contributed by atoms with E-state index >= 15 is 0 Å². The summed E-state index contributed by atoms with van der Waals surface area (Å²) in [6.07, 6.45) is 1.70. The van der Waals surface area contributed by atoms with E-state index in [2.05, 4.69) is 26.1 Å². The van der Waals surface area contributed by atoms with Crippen LogP contribution in [-0.4, -0.2) is 17.1 Å². The molecule has 0 aromatic heterocycles. The summed E-state index contributed by atoms with van der Waals surface area (Å²) in [5.74, 6) is 0.202. The Bertz CT molecular complexity index is 475. The maximum atomic E-state index is 6.10. The zero-order valence-electron chi connectivity index (χ0n) is 12.2. The van der Waals surface area contributed by atoms with Crippen molar-refractivity contribution in [1.82, 2.24) is 5.32 Å². The van der Waals surface area contributed by atoms with Gasteiger partial charge in [-0.3, -0.25) is 0 Å². The molecule has 0 saturated carbocycles. The molecule has 20 heavy (non-hydrogen) atoms. The van der Waals surface area contributed by atoms with Crippen molar-refractivity contribution in [2.24, 2.45) is 5.73 Å². The fraction of sp³-hybridized carbons (Fsp3) is 0.533. The first kappa shape index (κ1) is 17.7. The molecule has 112 valence electrons. The maximum absolute atomic E-state index is 6.10. The zero-order valence-corrected chi connectivity index (χ0v) is 14.5. The van der Waals surface area contributed by atoms with Gasteiger partial charge in [-0.15, -0.1) is 0 Å². The van der Waals surface area contributed by atoms with Gasteiger partial charge in [0.1, 0.15) is 0 Å². The Morgan fingerprint density at radius 3 is 2.50 bits per heavy atom. The molecule has 3 N–H and O–H groups in total. The molecule has 0 saturated heterocycles. The van der Waals surface area contributed by atoms with Crippen LogP contribution >= 0.6 is 35.4 Å². The molecule has 2 nitrogen and oxygen atoms in total. The van der Waals surface area contributed by atoms with Gasteiger partial charge in [-0.1, -0.05) is 48.4 Å². The van der Waals surface area contributed by atoms with Crippen LogP contribution in [-0.2, 0) is 0 Å². The molecule has 1 unspecified atom stereocenters. The second-order valence-electron chi connectivity index (χ2n) is 5.66. The molecule has 0 spiro atoms. The number of hydrogen-bond donors (Lipinski definition) is 2. The van der Waals surface area contributed by atoms with Gasteiger partial charge in [0, 0.05) is 24.4 Å². The largest absolute Gasteiger partial charge is 0.393 e. The molecule has 5 heteroatoms. The number of rotatable bonds is 7. The van der Waals surface area contributed by atoms with E-state index in [1.807, 2.05) is 18.2 Å². The lowest BCUT2D eigenvalue weighted by Crippen LogP contribution is -2.41. The van der Waals surface area contributed by atoms with Crippen LogP contribution in [0.5, 0.6) is 0 Å². The van der Waals surface area contributed by atoms with Crippen molar-refractivity contribution in [2.45, 2.75) is 45.1 Å². The number of nitrogens with two attached hydrogens (primary N) is 1. The van der Waals surface area contributed by atoms with E-state index in [9.17, 15) is 0 Å². The van der Waals surface area contributed by atoms with Crippen LogP contribution in [0.25, 0.3) is 0 Å². The molecule has 1 aromatic rings. The van der Waals surface area contributed by atoms with Crippen LogP contribution in [0, 0.1) is 0 Å². The van der Waals surface area contributed by atoms with E-state index in [0.717, 1.165) is 18.5 Å². The highest BCUT2D eigenvalue weighted by atomic mass is 35.5. The van der Waals surface area contributed by atoms with Crippen molar-refractivity contribution >= 4 is 40.4 Å². The molecule has 1 aromatic carbocycles. The van der Waals surface area contributed by atoms with E-state index in [4.69, 9.17) is 41.2 Å². The van der Waals surface area contributed by atoms with Crippen molar-refractivity contribution in [3.63, 3.8) is 0 Å². The number of hydrogen-bond acceptors (Lipinski definition) is 2. The molecule has 0 aliphatic rings. The summed E-state index contributed by atoms with van der Waals surface area (Å²) in [6.45, 7) is 7.32. The lowest BCUT2D eigenvalue weighted by molar-refractivity contribution is 0.364. The smallest absolute Gasteiger partial charge is 0.0733 e. The van der Waals surface area contributed by atoms with Gasteiger partial charge in [0.25, 0.3) is 0 Å². The highest BCUT2D eigenvalue weighted by Gasteiger charge is 2.19. The van der Waals surface area contributed by atoms with Crippen molar-refractivity contribution in [3.05, 3.63) is 33.8 Å². The Kier molecular flexibility index (Phi) is 6.73. The van der Waals surface area contributed by atoms with Crippen LogP contribution < -0.4 is 11.1 Å². The quantitative estimate of drug-likeness (QED) is 0.720. The first-order valence-corrected chi connectivity index (χ1v) is 7.90. The Labute approximate surface area is 137 Å². The van der Waals surface area contributed by atoms with Gasteiger partial charge < -0.3 is 11.1 Å². The van der Waals surface area contributed by atoms with E-state index in [-0.39, 0.29) is 11.5 Å². The van der Waals surface area contributed by atoms with Crippen molar-refractivity contribution in [1.29, 1.82) is 0 Å². The number of nitrogens with one attached hydrogen (secondary N) is 1. The lowest BCUT2D eigenvalue weighted by atomic mass is 9.93. The van der Waals surface area contributed by atoms with Gasteiger partial charge >= 0.3 is 0 Å². The molecule has 0 fully saturated rings. The minimum atomic E-state index is 0.0880. The summed E-state index contributed by atoms with van der Waals surface area (Å²) in [5, 5.41) is 4.68. The van der Waals surface area contributed by atoms with Crippen LogP contribution in [0.15, 0.2) is 18.2 Å². The molecule has 0 radical (unpaired) electrons. The third-order valence-electron chi connectivity index (χ3n) is 3.57. The standard InChI is InChI=1S/C15H22Cl2N2S/c1-4-15(2,3)19-9-11(8-14(18)20)10-5-6-12(16)13(17)7-10/h5-7,11,19H,4,8-9H2,1-3H3,(H2,18,20). The summed E-state index contributed by atoms with van der Waals surface area (Å²) >= 11 is 17.1. The Balaban J connectivity index is 2.88. The molecular weight excluding hydrogens is 311 g/mol. The van der Waals surface area contributed by atoms with E-state index in [1.165, 1.54) is 0 Å². The summed E-state index contributed by atoms with van der Waals surface area (Å²) in [6, 6.07) is 5.70.